The first kappa shape index (κ1) is 8.00. The molecule has 4 nitrogen and oxygen atoms in total. The van der Waals surface area contributed by atoms with Gasteiger partial charge in [-0.05, 0) is 11.4 Å². The van der Waals surface area contributed by atoms with Gasteiger partial charge in [0.25, 0.3) is 0 Å². The van der Waals surface area contributed by atoms with Gasteiger partial charge in [-0.25, -0.2) is 4.98 Å². The highest BCUT2D eigenvalue weighted by atomic mass is 32.1. The molecule has 0 aliphatic carbocycles. The van der Waals surface area contributed by atoms with Gasteiger partial charge in [0.15, 0.2) is 0 Å². The first-order valence-electron chi connectivity index (χ1n) is 3.69. The molecule has 5 heteroatoms. The van der Waals surface area contributed by atoms with Crippen molar-refractivity contribution in [1.29, 1.82) is 0 Å². The number of nitrogens with zero attached hydrogens (tertiary/aromatic N) is 2. The van der Waals surface area contributed by atoms with E-state index in [2.05, 4.69) is 9.97 Å². The molecule has 0 aliphatic heterocycles. The molecule has 4 N–H and O–H groups in total. The van der Waals surface area contributed by atoms with Gasteiger partial charge < -0.3 is 11.5 Å². The van der Waals surface area contributed by atoms with Gasteiger partial charge in [0, 0.05) is 6.07 Å². The van der Waals surface area contributed by atoms with Crippen LogP contribution in [0.3, 0.4) is 0 Å². The molecule has 2 heterocycles. The second-order valence-corrected chi connectivity index (χ2v) is 3.46. The van der Waals surface area contributed by atoms with Crippen LogP contribution in [0.5, 0.6) is 0 Å². The van der Waals surface area contributed by atoms with E-state index in [1.54, 1.807) is 17.4 Å². The fraction of sp³-hybridized carbons (Fsp3) is 0. The molecule has 0 spiro atoms. The van der Waals surface area contributed by atoms with Crippen LogP contribution in [-0.2, 0) is 0 Å². The summed E-state index contributed by atoms with van der Waals surface area (Å²) in [5.74, 6) is 0.610. The van der Waals surface area contributed by atoms with E-state index in [0.717, 1.165) is 10.6 Å². The van der Waals surface area contributed by atoms with Crippen molar-refractivity contribution in [2.45, 2.75) is 0 Å². The molecule has 2 aromatic rings. The number of nitrogen functional groups attached to an aromatic ring is 2. The highest BCUT2D eigenvalue weighted by molar-refractivity contribution is 7.13. The fourth-order valence-electron chi connectivity index (χ4n) is 1.04. The van der Waals surface area contributed by atoms with E-state index in [4.69, 9.17) is 11.5 Å². The average Bonchev–Trinajstić information content (AvgIpc) is 2.53. The molecule has 0 radical (unpaired) electrons. The minimum atomic E-state index is 0.211. The van der Waals surface area contributed by atoms with E-state index in [9.17, 15) is 0 Å². The normalized spacial score (nSPS) is 10.2. The monoisotopic (exact) mass is 192 g/mol. The number of hydrogen-bond acceptors (Lipinski definition) is 5. The predicted octanol–water partition coefficient (Wildman–Crippen LogP) is 1.37. The number of rotatable bonds is 1. The number of thiophene rings is 1. The lowest BCUT2D eigenvalue weighted by atomic mass is 10.3. The van der Waals surface area contributed by atoms with Crippen LogP contribution in [0, 0.1) is 0 Å². The molecular weight excluding hydrogens is 184 g/mol. The number of anilines is 2. The van der Waals surface area contributed by atoms with E-state index < -0.39 is 0 Å². The van der Waals surface area contributed by atoms with Crippen LogP contribution in [0.1, 0.15) is 0 Å². The Bertz CT molecular complexity index is 390. The van der Waals surface area contributed by atoms with Crippen molar-refractivity contribution in [3.05, 3.63) is 23.6 Å². The zero-order chi connectivity index (χ0) is 9.26. The summed E-state index contributed by atoms with van der Waals surface area (Å²) in [6.07, 6.45) is 0. The molecule has 0 atom stereocenters. The maximum Gasteiger partial charge on any atom is 0.222 e. The fourth-order valence-corrected chi connectivity index (χ4v) is 1.72. The standard InChI is InChI=1S/C8H8N4S/c9-7-4-5(11-8(10)12-7)6-2-1-3-13-6/h1-4H,(H4,9,10,11,12). The van der Waals surface area contributed by atoms with Crippen molar-refractivity contribution in [3.63, 3.8) is 0 Å². The first-order valence-corrected chi connectivity index (χ1v) is 4.57. The van der Waals surface area contributed by atoms with Crippen LogP contribution in [0.25, 0.3) is 10.6 Å². The first-order chi connectivity index (χ1) is 6.25. The lowest BCUT2D eigenvalue weighted by molar-refractivity contribution is 1.20. The molecule has 0 unspecified atom stereocenters. The Morgan fingerprint density at radius 1 is 1.23 bits per heavy atom. The summed E-state index contributed by atoms with van der Waals surface area (Å²) in [5, 5.41) is 1.98. The Labute approximate surface area is 79.2 Å². The largest absolute Gasteiger partial charge is 0.384 e. The van der Waals surface area contributed by atoms with Crippen LogP contribution in [0.4, 0.5) is 11.8 Å². The van der Waals surface area contributed by atoms with Gasteiger partial charge in [0.2, 0.25) is 5.95 Å². The van der Waals surface area contributed by atoms with Crippen molar-refractivity contribution >= 4 is 23.1 Å². The molecule has 0 aliphatic rings. The second-order valence-electron chi connectivity index (χ2n) is 2.51. The summed E-state index contributed by atoms with van der Waals surface area (Å²) in [4.78, 5) is 8.91. The molecule has 0 saturated carbocycles. The lowest BCUT2D eigenvalue weighted by Gasteiger charge is -1.99. The predicted molar refractivity (Wildman–Crippen MR) is 54.2 cm³/mol. The van der Waals surface area contributed by atoms with Crippen LogP contribution in [0.15, 0.2) is 23.6 Å². The van der Waals surface area contributed by atoms with Gasteiger partial charge in [-0.1, -0.05) is 6.07 Å². The third-order valence-electron chi connectivity index (χ3n) is 1.54. The molecule has 0 bridgehead atoms. The summed E-state index contributed by atoms with van der Waals surface area (Å²) in [6, 6.07) is 5.63. The van der Waals surface area contributed by atoms with Crippen molar-refractivity contribution in [2.75, 3.05) is 11.5 Å². The maximum atomic E-state index is 5.54. The van der Waals surface area contributed by atoms with Crippen LogP contribution in [0.2, 0.25) is 0 Å². The van der Waals surface area contributed by atoms with E-state index in [0.29, 0.717) is 5.82 Å². The minimum Gasteiger partial charge on any atom is -0.384 e. The third-order valence-corrected chi connectivity index (χ3v) is 2.43. The SMILES string of the molecule is Nc1cc(-c2cccs2)nc(N)n1. The van der Waals surface area contributed by atoms with Crippen molar-refractivity contribution < 1.29 is 0 Å². The van der Waals surface area contributed by atoms with Crippen LogP contribution >= 0.6 is 11.3 Å². The van der Waals surface area contributed by atoms with Gasteiger partial charge >= 0.3 is 0 Å². The van der Waals surface area contributed by atoms with E-state index >= 15 is 0 Å². The maximum absolute atomic E-state index is 5.54. The van der Waals surface area contributed by atoms with E-state index in [1.165, 1.54) is 0 Å². The number of nitrogens with two attached hydrogens (primary N) is 2. The van der Waals surface area contributed by atoms with E-state index in [1.807, 2.05) is 17.5 Å². The Hall–Kier alpha value is -1.62. The summed E-state index contributed by atoms with van der Waals surface area (Å²) in [7, 11) is 0. The summed E-state index contributed by atoms with van der Waals surface area (Å²) < 4.78 is 0. The highest BCUT2D eigenvalue weighted by Gasteiger charge is 2.02. The molecule has 13 heavy (non-hydrogen) atoms. The topological polar surface area (TPSA) is 77.8 Å². The number of hydrogen-bond donors (Lipinski definition) is 2. The molecule has 0 saturated heterocycles. The van der Waals surface area contributed by atoms with Gasteiger partial charge in [-0.3, -0.25) is 0 Å². The summed E-state index contributed by atoms with van der Waals surface area (Å²) >= 11 is 1.59. The molecule has 0 aromatic carbocycles. The minimum absolute atomic E-state index is 0.211. The quantitative estimate of drug-likeness (QED) is 0.715. The van der Waals surface area contributed by atoms with Crippen molar-refractivity contribution in [1.82, 2.24) is 9.97 Å². The van der Waals surface area contributed by atoms with Crippen LogP contribution in [-0.4, -0.2) is 9.97 Å². The molecule has 66 valence electrons. The zero-order valence-corrected chi connectivity index (χ0v) is 7.58. The summed E-state index contributed by atoms with van der Waals surface area (Å²) in [5.41, 5.74) is 11.8. The van der Waals surface area contributed by atoms with Gasteiger partial charge in [-0.2, -0.15) is 4.98 Å². The smallest absolute Gasteiger partial charge is 0.222 e. The second kappa shape index (κ2) is 3.02. The average molecular weight is 192 g/mol. The summed E-state index contributed by atoms with van der Waals surface area (Å²) in [6.45, 7) is 0. The molecule has 2 rings (SSSR count). The molecule has 2 aromatic heterocycles. The Morgan fingerprint density at radius 2 is 2.08 bits per heavy atom. The third kappa shape index (κ3) is 1.59. The molecule has 0 fully saturated rings. The Morgan fingerprint density at radius 3 is 2.69 bits per heavy atom. The van der Waals surface area contributed by atoms with Gasteiger partial charge in [0.1, 0.15) is 5.82 Å². The van der Waals surface area contributed by atoms with Gasteiger partial charge in [-0.15, -0.1) is 11.3 Å². The van der Waals surface area contributed by atoms with E-state index in [-0.39, 0.29) is 5.95 Å². The lowest BCUT2D eigenvalue weighted by Crippen LogP contribution is -1.99. The Kier molecular flexibility index (Phi) is 1.86. The highest BCUT2D eigenvalue weighted by Crippen LogP contribution is 2.23. The molecule has 0 amide bonds. The van der Waals surface area contributed by atoms with Crippen LogP contribution < -0.4 is 11.5 Å². The van der Waals surface area contributed by atoms with Crippen molar-refractivity contribution in [3.8, 4) is 10.6 Å². The van der Waals surface area contributed by atoms with Crippen molar-refractivity contribution in [2.24, 2.45) is 0 Å². The molecular formula is C8H8N4S. The Balaban J connectivity index is 2.53. The van der Waals surface area contributed by atoms with Gasteiger partial charge in [0.05, 0.1) is 10.6 Å². The number of aromatic nitrogens is 2. The zero-order valence-electron chi connectivity index (χ0n) is 6.77.